The number of pyridine rings is 1. The Morgan fingerprint density at radius 1 is 1.27 bits per heavy atom. The van der Waals surface area contributed by atoms with Gasteiger partial charge in [-0.1, -0.05) is 17.7 Å². The summed E-state index contributed by atoms with van der Waals surface area (Å²) in [5.41, 5.74) is 3.03. The van der Waals surface area contributed by atoms with E-state index >= 15 is 0 Å². The van der Waals surface area contributed by atoms with Crippen LogP contribution in [-0.4, -0.2) is 26.8 Å². The molecule has 0 bridgehead atoms. The number of aromatic amines is 1. The number of nitrogens with zero attached hydrogens (tertiary/aromatic N) is 2. The number of amides is 1. The van der Waals surface area contributed by atoms with E-state index in [1.54, 1.807) is 0 Å². The van der Waals surface area contributed by atoms with Crippen molar-refractivity contribution in [3.63, 3.8) is 0 Å². The summed E-state index contributed by atoms with van der Waals surface area (Å²) in [6.45, 7) is 0.629. The summed E-state index contributed by atoms with van der Waals surface area (Å²) in [5, 5.41) is 4.66. The van der Waals surface area contributed by atoms with E-state index in [1.165, 1.54) is 0 Å². The predicted molar refractivity (Wildman–Crippen MR) is 104 cm³/mol. The highest BCUT2D eigenvalue weighted by Crippen LogP contribution is 2.22. The van der Waals surface area contributed by atoms with Gasteiger partial charge in [0.15, 0.2) is 0 Å². The van der Waals surface area contributed by atoms with Crippen LogP contribution in [0, 0.1) is 0 Å². The summed E-state index contributed by atoms with van der Waals surface area (Å²) in [6, 6.07) is 11.7. The molecule has 5 nitrogen and oxygen atoms in total. The number of hydrogen-bond acceptors (Lipinski definition) is 2. The van der Waals surface area contributed by atoms with Crippen molar-refractivity contribution >= 4 is 33.9 Å². The Kier molecular flexibility index (Phi) is 4.63. The van der Waals surface area contributed by atoms with Gasteiger partial charge in [0.25, 0.3) is 0 Å². The molecule has 26 heavy (non-hydrogen) atoms. The molecule has 0 unspecified atom stereocenters. The van der Waals surface area contributed by atoms with Crippen molar-refractivity contribution in [2.45, 2.75) is 19.3 Å². The zero-order valence-electron chi connectivity index (χ0n) is 14.2. The summed E-state index contributed by atoms with van der Waals surface area (Å²) in [5.74, 6) is 1.03. The van der Waals surface area contributed by atoms with Crippen LogP contribution in [0.4, 0.5) is 0 Å². The number of rotatable bonds is 6. The average molecular weight is 367 g/mol. The maximum Gasteiger partial charge on any atom is 0.224 e. The Balaban J connectivity index is 1.30. The standard InChI is InChI=1S/C20H19ClN4O/c21-15-6-7-18-17(11-15)14(12-23-18)10-20(26)22-8-3-5-19-24-13-16-4-1-2-9-25(16)19/h1-2,4,6-7,9,11-13,23H,3,5,8,10H2,(H,22,26). The maximum absolute atomic E-state index is 12.2. The number of halogens is 1. The molecule has 2 N–H and O–H groups in total. The Morgan fingerprint density at radius 3 is 3.12 bits per heavy atom. The highest BCUT2D eigenvalue weighted by atomic mass is 35.5. The van der Waals surface area contributed by atoms with Crippen LogP contribution >= 0.6 is 11.6 Å². The van der Waals surface area contributed by atoms with E-state index < -0.39 is 0 Å². The van der Waals surface area contributed by atoms with Crippen LogP contribution < -0.4 is 5.32 Å². The first kappa shape index (κ1) is 16.7. The predicted octanol–water partition coefficient (Wildman–Crippen LogP) is 3.76. The largest absolute Gasteiger partial charge is 0.361 e. The monoisotopic (exact) mass is 366 g/mol. The maximum atomic E-state index is 12.2. The van der Waals surface area contributed by atoms with E-state index in [2.05, 4.69) is 19.7 Å². The third kappa shape index (κ3) is 3.44. The van der Waals surface area contributed by atoms with Gasteiger partial charge in [0.1, 0.15) is 5.82 Å². The van der Waals surface area contributed by atoms with E-state index in [0.717, 1.165) is 40.6 Å². The molecule has 0 aliphatic carbocycles. The fourth-order valence-electron chi connectivity index (χ4n) is 3.19. The van der Waals surface area contributed by atoms with Crippen LogP contribution in [0.25, 0.3) is 16.4 Å². The first-order valence-corrected chi connectivity index (χ1v) is 9.02. The molecule has 0 aliphatic heterocycles. The number of H-pyrrole nitrogens is 1. The molecule has 0 saturated heterocycles. The van der Waals surface area contributed by atoms with Gasteiger partial charge >= 0.3 is 0 Å². The number of fused-ring (bicyclic) bond motifs is 2. The number of aryl methyl sites for hydroxylation is 1. The van der Waals surface area contributed by atoms with Crippen LogP contribution in [-0.2, 0) is 17.6 Å². The average Bonchev–Trinajstić information content (AvgIpc) is 3.23. The molecule has 4 aromatic rings. The molecule has 0 radical (unpaired) electrons. The molecule has 3 aromatic heterocycles. The zero-order chi connectivity index (χ0) is 17.9. The normalized spacial score (nSPS) is 11.3. The van der Waals surface area contributed by atoms with Gasteiger partial charge in [-0.2, -0.15) is 0 Å². The lowest BCUT2D eigenvalue weighted by Gasteiger charge is -2.05. The number of benzene rings is 1. The highest BCUT2D eigenvalue weighted by Gasteiger charge is 2.09. The summed E-state index contributed by atoms with van der Waals surface area (Å²) in [4.78, 5) is 19.9. The quantitative estimate of drug-likeness (QED) is 0.510. The van der Waals surface area contributed by atoms with Crippen molar-refractivity contribution in [2.24, 2.45) is 0 Å². The van der Waals surface area contributed by atoms with E-state index in [-0.39, 0.29) is 5.91 Å². The minimum absolute atomic E-state index is 0.0128. The molecule has 1 aromatic carbocycles. The topological polar surface area (TPSA) is 62.2 Å². The van der Waals surface area contributed by atoms with Crippen LogP contribution in [0.5, 0.6) is 0 Å². The first-order valence-electron chi connectivity index (χ1n) is 8.64. The second-order valence-corrected chi connectivity index (χ2v) is 6.74. The minimum atomic E-state index is 0.0128. The molecule has 4 rings (SSSR count). The molecule has 1 amide bonds. The molecule has 6 heteroatoms. The number of imidazole rings is 1. The van der Waals surface area contributed by atoms with Gasteiger partial charge in [0.05, 0.1) is 18.1 Å². The molecule has 0 spiro atoms. The van der Waals surface area contributed by atoms with Gasteiger partial charge in [-0.3, -0.25) is 4.79 Å². The summed E-state index contributed by atoms with van der Waals surface area (Å²) in [6.07, 6.45) is 7.76. The lowest BCUT2D eigenvalue weighted by molar-refractivity contribution is -0.120. The molecule has 0 fully saturated rings. The molecule has 132 valence electrons. The highest BCUT2D eigenvalue weighted by molar-refractivity contribution is 6.31. The second kappa shape index (κ2) is 7.22. The SMILES string of the molecule is O=C(Cc1c[nH]c2ccc(Cl)cc12)NCCCc1ncc2ccccn12. The molecular formula is C20H19ClN4O. The smallest absolute Gasteiger partial charge is 0.224 e. The van der Waals surface area contributed by atoms with Gasteiger partial charge in [-0.15, -0.1) is 0 Å². The summed E-state index contributed by atoms with van der Waals surface area (Å²) >= 11 is 6.05. The van der Waals surface area contributed by atoms with Crippen LogP contribution in [0.1, 0.15) is 17.8 Å². The molecule has 3 heterocycles. The van der Waals surface area contributed by atoms with Gasteiger partial charge in [-0.05, 0) is 42.3 Å². The Bertz CT molecular complexity index is 1070. The summed E-state index contributed by atoms with van der Waals surface area (Å²) in [7, 11) is 0. The van der Waals surface area contributed by atoms with Gasteiger partial charge in [-0.25, -0.2) is 4.98 Å². The third-order valence-electron chi connectivity index (χ3n) is 4.50. The Morgan fingerprint density at radius 2 is 2.19 bits per heavy atom. The summed E-state index contributed by atoms with van der Waals surface area (Å²) < 4.78 is 2.08. The fraction of sp³-hybridized carbons (Fsp3) is 0.200. The number of hydrogen-bond donors (Lipinski definition) is 2. The van der Waals surface area contributed by atoms with Crippen molar-refractivity contribution in [1.82, 2.24) is 19.7 Å². The zero-order valence-corrected chi connectivity index (χ0v) is 15.0. The Labute approximate surface area is 156 Å². The van der Waals surface area contributed by atoms with Gasteiger partial charge < -0.3 is 14.7 Å². The second-order valence-electron chi connectivity index (χ2n) is 6.30. The van der Waals surface area contributed by atoms with E-state index in [0.29, 0.717) is 18.0 Å². The fourth-order valence-corrected chi connectivity index (χ4v) is 3.36. The van der Waals surface area contributed by atoms with E-state index in [1.807, 2.05) is 55.0 Å². The number of aromatic nitrogens is 3. The Hall–Kier alpha value is -2.79. The number of carbonyl (C=O) groups is 1. The van der Waals surface area contributed by atoms with Crippen LogP contribution in [0.15, 0.2) is 55.0 Å². The molecular weight excluding hydrogens is 348 g/mol. The number of carbonyl (C=O) groups excluding carboxylic acids is 1. The lowest BCUT2D eigenvalue weighted by atomic mass is 10.1. The molecule has 0 atom stereocenters. The van der Waals surface area contributed by atoms with Crippen molar-refractivity contribution in [3.8, 4) is 0 Å². The molecule has 0 aliphatic rings. The third-order valence-corrected chi connectivity index (χ3v) is 4.73. The van der Waals surface area contributed by atoms with Crippen LogP contribution in [0.2, 0.25) is 5.02 Å². The minimum Gasteiger partial charge on any atom is -0.361 e. The van der Waals surface area contributed by atoms with Crippen molar-refractivity contribution in [2.75, 3.05) is 6.54 Å². The number of nitrogens with one attached hydrogen (secondary N) is 2. The lowest BCUT2D eigenvalue weighted by Crippen LogP contribution is -2.26. The van der Waals surface area contributed by atoms with Gasteiger partial charge in [0, 0.05) is 41.3 Å². The first-order chi connectivity index (χ1) is 12.7. The van der Waals surface area contributed by atoms with E-state index in [9.17, 15) is 4.79 Å². The van der Waals surface area contributed by atoms with Crippen molar-refractivity contribution in [1.29, 1.82) is 0 Å². The van der Waals surface area contributed by atoms with Crippen molar-refractivity contribution < 1.29 is 4.79 Å². The molecule has 0 saturated carbocycles. The van der Waals surface area contributed by atoms with Gasteiger partial charge in [0.2, 0.25) is 5.91 Å². The van der Waals surface area contributed by atoms with Crippen LogP contribution in [0.3, 0.4) is 0 Å². The van der Waals surface area contributed by atoms with Crippen molar-refractivity contribution in [3.05, 3.63) is 71.4 Å². The van der Waals surface area contributed by atoms with E-state index in [4.69, 9.17) is 11.6 Å².